The Bertz CT molecular complexity index is 793. The number of hydrogen-bond donors (Lipinski definition) is 2. The van der Waals surface area contributed by atoms with Gasteiger partial charge in [-0.05, 0) is 24.3 Å². The number of ether oxygens (including phenoxy) is 1. The second-order valence-electron chi connectivity index (χ2n) is 4.13. The largest absolute Gasteiger partial charge is 0.497 e. The standard InChI is InChI=1S/C13H12N6OS/c1-20-7-2-4-8(5-3-7)21-9-6-16-12-10(17-9)11(14)18-13(15)19-12/h2-6H,1H3,(H4,14,15,16,18,19). The Balaban J connectivity index is 1.93. The highest BCUT2D eigenvalue weighted by atomic mass is 32.2. The van der Waals surface area contributed by atoms with Crippen LogP contribution in [0.5, 0.6) is 5.75 Å². The number of fused-ring (bicyclic) bond motifs is 1. The normalized spacial score (nSPS) is 10.7. The Hall–Kier alpha value is -2.61. The van der Waals surface area contributed by atoms with Crippen LogP contribution in [0.3, 0.4) is 0 Å². The summed E-state index contributed by atoms with van der Waals surface area (Å²) < 4.78 is 5.12. The van der Waals surface area contributed by atoms with E-state index in [-0.39, 0.29) is 11.8 Å². The maximum absolute atomic E-state index is 5.80. The van der Waals surface area contributed by atoms with Crippen LogP contribution >= 0.6 is 11.8 Å². The predicted molar refractivity (Wildman–Crippen MR) is 81.1 cm³/mol. The molecule has 0 radical (unpaired) electrons. The van der Waals surface area contributed by atoms with Crippen LogP contribution in [-0.2, 0) is 0 Å². The summed E-state index contributed by atoms with van der Waals surface area (Å²) in [6, 6.07) is 7.65. The van der Waals surface area contributed by atoms with E-state index in [2.05, 4.69) is 19.9 Å². The van der Waals surface area contributed by atoms with Crippen molar-refractivity contribution in [3.05, 3.63) is 30.5 Å². The van der Waals surface area contributed by atoms with Crippen molar-refractivity contribution in [3.63, 3.8) is 0 Å². The molecule has 0 unspecified atom stereocenters. The van der Waals surface area contributed by atoms with Gasteiger partial charge in [0.25, 0.3) is 0 Å². The lowest BCUT2D eigenvalue weighted by Crippen LogP contribution is -2.03. The molecule has 0 fully saturated rings. The van der Waals surface area contributed by atoms with Crippen molar-refractivity contribution in [2.75, 3.05) is 18.6 Å². The fourth-order valence-corrected chi connectivity index (χ4v) is 2.50. The van der Waals surface area contributed by atoms with Crippen LogP contribution in [0.25, 0.3) is 11.2 Å². The number of nitrogens with two attached hydrogens (primary N) is 2. The molecule has 2 aromatic heterocycles. The van der Waals surface area contributed by atoms with Gasteiger partial charge in [0.05, 0.1) is 13.3 Å². The van der Waals surface area contributed by atoms with Gasteiger partial charge >= 0.3 is 0 Å². The zero-order valence-electron chi connectivity index (χ0n) is 11.1. The van der Waals surface area contributed by atoms with Crippen molar-refractivity contribution < 1.29 is 4.74 Å². The smallest absolute Gasteiger partial charge is 0.224 e. The number of benzene rings is 1. The molecule has 3 aromatic rings. The third kappa shape index (κ3) is 2.79. The number of nitrogens with zero attached hydrogens (tertiary/aromatic N) is 4. The quantitative estimate of drug-likeness (QED) is 0.752. The van der Waals surface area contributed by atoms with Gasteiger partial charge in [0.15, 0.2) is 17.0 Å². The molecule has 0 bridgehead atoms. The Labute approximate surface area is 124 Å². The SMILES string of the molecule is COc1ccc(Sc2cnc3nc(N)nc(N)c3n2)cc1. The van der Waals surface area contributed by atoms with Crippen LogP contribution < -0.4 is 16.2 Å². The van der Waals surface area contributed by atoms with Crippen molar-refractivity contribution in [2.24, 2.45) is 0 Å². The molecule has 106 valence electrons. The van der Waals surface area contributed by atoms with Crippen LogP contribution in [0.1, 0.15) is 0 Å². The van der Waals surface area contributed by atoms with E-state index in [1.807, 2.05) is 24.3 Å². The molecular weight excluding hydrogens is 288 g/mol. The minimum absolute atomic E-state index is 0.0878. The summed E-state index contributed by atoms with van der Waals surface area (Å²) in [6.07, 6.45) is 1.63. The third-order valence-electron chi connectivity index (χ3n) is 2.71. The van der Waals surface area contributed by atoms with Crippen LogP contribution in [0.4, 0.5) is 11.8 Å². The van der Waals surface area contributed by atoms with Gasteiger partial charge in [-0.25, -0.2) is 9.97 Å². The molecule has 0 aliphatic carbocycles. The zero-order valence-corrected chi connectivity index (χ0v) is 12.0. The lowest BCUT2D eigenvalue weighted by Gasteiger charge is -2.05. The third-order valence-corrected chi connectivity index (χ3v) is 3.62. The van der Waals surface area contributed by atoms with E-state index in [9.17, 15) is 0 Å². The molecule has 3 rings (SSSR count). The first-order chi connectivity index (χ1) is 10.2. The number of methoxy groups -OCH3 is 1. The topological polar surface area (TPSA) is 113 Å². The van der Waals surface area contributed by atoms with Crippen molar-refractivity contribution in [1.82, 2.24) is 19.9 Å². The predicted octanol–water partition coefficient (Wildman–Crippen LogP) is 1.74. The van der Waals surface area contributed by atoms with Gasteiger partial charge in [-0.2, -0.15) is 9.97 Å². The zero-order chi connectivity index (χ0) is 14.8. The molecule has 2 heterocycles. The average Bonchev–Trinajstić information content (AvgIpc) is 2.48. The lowest BCUT2D eigenvalue weighted by atomic mass is 10.3. The highest BCUT2D eigenvalue weighted by molar-refractivity contribution is 7.99. The summed E-state index contributed by atoms with van der Waals surface area (Å²) >= 11 is 1.46. The second kappa shape index (κ2) is 5.41. The molecule has 4 N–H and O–H groups in total. The monoisotopic (exact) mass is 300 g/mol. The molecule has 21 heavy (non-hydrogen) atoms. The number of nitrogen functional groups attached to an aromatic ring is 2. The van der Waals surface area contributed by atoms with Crippen LogP contribution in [0.15, 0.2) is 40.4 Å². The first-order valence-electron chi connectivity index (χ1n) is 6.03. The van der Waals surface area contributed by atoms with E-state index in [1.165, 1.54) is 11.8 Å². The number of rotatable bonds is 3. The molecule has 0 atom stereocenters. The van der Waals surface area contributed by atoms with Gasteiger partial charge in [-0.15, -0.1) is 0 Å². The maximum Gasteiger partial charge on any atom is 0.224 e. The molecule has 0 spiro atoms. The molecule has 7 nitrogen and oxygen atoms in total. The average molecular weight is 300 g/mol. The van der Waals surface area contributed by atoms with Gasteiger partial charge in [-0.3, -0.25) is 0 Å². The highest BCUT2D eigenvalue weighted by Crippen LogP contribution is 2.28. The molecule has 0 saturated carbocycles. The molecule has 8 heteroatoms. The van der Waals surface area contributed by atoms with Crippen molar-refractivity contribution >= 4 is 34.7 Å². The molecule has 0 saturated heterocycles. The highest BCUT2D eigenvalue weighted by Gasteiger charge is 2.08. The number of anilines is 2. The number of aromatic nitrogens is 4. The van der Waals surface area contributed by atoms with Gasteiger partial charge in [-0.1, -0.05) is 11.8 Å². The minimum Gasteiger partial charge on any atom is -0.497 e. The van der Waals surface area contributed by atoms with Gasteiger partial charge in [0.1, 0.15) is 10.8 Å². The Morgan fingerprint density at radius 2 is 1.81 bits per heavy atom. The van der Waals surface area contributed by atoms with Gasteiger partial charge in [0, 0.05) is 4.90 Å². The molecule has 0 aliphatic rings. The van der Waals surface area contributed by atoms with E-state index in [0.717, 1.165) is 10.6 Å². The summed E-state index contributed by atoms with van der Waals surface area (Å²) in [6.45, 7) is 0. The number of hydrogen-bond acceptors (Lipinski definition) is 8. The summed E-state index contributed by atoms with van der Waals surface area (Å²) in [4.78, 5) is 17.5. The van der Waals surface area contributed by atoms with Crippen LogP contribution in [0, 0.1) is 0 Å². The van der Waals surface area contributed by atoms with Crippen molar-refractivity contribution in [1.29, 1.82) is 0 Å². The van der Waals surface area contributed by atoms with E-state index in [0.29, 0.717) is 16.2 Å². The molecular formula is C13H12N6OS. The summed E-state index contributed by atoms with van der Waals surface area (Å²) in [5.74, 6) is 1.11. The van der Waals surface area contributed by atoms with Crippen LogP contribution in [-0.4, -0.2) is 27.0 Å². The lowest BCUT2D eigenvalue weighted by molar-refractivity contribution is 0.414. The van der Waals surface area contributed by atoms with E-state index < -0.39 is 0 Å². The van der Waals surface area contributed by atoms with Crippen LogP contribution in [0.2, 0.25) is 0 Å². The van der Waals surface area contributed by atoms with Crippen molar-refractivity contribution in [3.8, 4) is 5.75 Å². The fraction of sp³-hybridized carbons (Fsp3) is 0.0769. The Kier molecular flexibility index (Phi) is 3.44. The fourth-order valence-electron chi connectivity index (χ4n) is 1.74. The van der Waals surface area contributed by atoms with Gasteiger partial charge in [0.2, 0.25) is 5.95 Å². The summed E-state index contributed by atoms with van der Waals surface area (Å²) in [7, 11) is 1.63. The minimum atomic E-state index is 0.0878. The summed E-state index contributed by atoms with van der Waals surface area (Å²) in [5.41, 5.74) is 12.2. The Morgan fingerprint density at radius 1 is 1.05 bits per heavy atom. The second-order valence-corrected chi connectivity index (χ2v) is 5.22. The Morgan fingerprint density at radius 3 is 2.52 bits per heavy atom. The molecule has 1 aromatic carbocycles. The molecule has 0 amide bonds. The first kappa shape index (κ1) is 13.4. The van der Waals surface area contributed by atoms with E-state index >= 15 is 0 Å². The molecule has 0 aliphatic heterocycles. The van der Waals surface area contributed by atoms with E-state index in [1.54, 1.807) is 13.3 Å². The first-order valence-corrected chi connectivity index (χ1v) is 6.85. The maximum atomic E-state index is 5.80. The van der Waals surface area contributed by atoms with Gasteiger partial charge < -0.3 is 16.2 Å². The van der Waals surface area contributed by atoms with Crippen molar-refractivity contribution in [2.45, 2.75) is 9.92 Å². The summed E-state index contributed by atoms with van der Waals surface area (Å²) in [5, 5.41) is 0.702. The van der Waals surface area contributed by atoms with E-state index in [4.69, 9.17) is 16.2 Å².